The summed E-state index contributed by atoms with van der Waals surface area (Å²) in [7, 11) is 0. The van der Waals surface area contributed by atoms with Crippen molar-refractivity contribution in [2.75, 3.05) is 19.8 Å². The molecule has 2 N–H and O–H groups in total. The van der Waals surface area contributed by atoms with E-state index in [4.69, 9.17) is 15.2 Å². The summed E-state index contributed by atoms with van der Waals surface area (Å²) in [6.45, 7) is 2.37. The van der Waals surface area contributed by atoms with Gasteiger partial charge in [0.05, 0.1) is 12.2 Å². The number of nitrogens with two attached hydrogens (primary N) is 1. The molecule has 0 bridgehead atoms. The van der Waals surface area contributed by atoms with Gasteiger partial charge in [0.2, 0.25) is 0 Å². The number of ether oxygens (including phenoxy) is 2. The van der Waals surface area contributed by atoms with Crippen LogP contribution in [-0.2, 0) is 9.47 Å². The lowest BCUT2D eigenvalue weighted by Gasteiger charge is -2.39. The Morgan fingerprint density at radius 1 is 1.32 bits per heavy atom. The van der Waals surface area contributed by atoms with E-state index in [0.717, 1.165) is 39.1 Å². The van der Waals surface area contributed by atoms with Crippen molar-refractivity contribution >= 4 is 22.6 Å². The SMILES string of the molecule is NC(c1ccccc1I)C1CCOC2(CCOC2)C1. The summed E-state index contributed by atoms with van der Waals surface area (Å²) >= 11 is 2.38. The summed E-state index contributed by atoms with van der Waals surface area (Å²) in [5.41, 5.74) is 7.73. The average Bonchev–Trinajstić information content (AvgIpc) is 2.86. The molecule has 2 aliphatic heterocycles. The quantitative estimate of drug-likeness (QED) is 0.811. The van der Waals surface area contributed by atoms with Gasteiger partial charge in [-0.15, -0.1) is 0 Å². The molecular formula is C15H20INO2. The number of hydrogen-bond acceptors (Lipinski definition) is 3. The van der Waals surface area contributed by atoms with Gasteiger partial charge in [0, 0.05) is 29.2 Å². The van der Waals surface area contributed by atoms with E-state index in [1.54, 1.807) is 0 Å². The van der Waals surface area contributed by atoms with Crippen LogP contribution < -0.4 is 5.73 Å². The molecule has 3 unspecified atom stereocenters. The van der Waals surface area contributed by atoms with Gasteiger partial charge in [-0.3, -0.25) is 0 Å². The minimum atomic E-state index is -0.0548. The van der Waals surface area contributed by atoms with E-state index in [1.165, 1.54) is 9.13 Å². The molecule has 3 rings (SSSR count). The molecule has 19 heavy (non-hydrogen) atoms. The molecule has 3 nitrogen and oxygen atoms in total. The summed E-state index contributed by atoms with van der Waals surface area (Å²) in [4.78, 5) is 0. The Hall–Kier alpha value is -0.170. The summed E-state index contributed by atoms with van der Waals surface area (Å²) in [6, 6.07) is 8.53. The molecule has 4 heteroatoms. The maximum absolute atomic E-state index is 6.52. The molecule has 1 aromatic carbocycles. The van der Waals surface area contributed by atoms with Crippen molar-refractivity contribution in [3.63, 3.8) is 0 Å². The third kappa shape index (κ3) is 2.82. The Balaban J connectivity index is 1.76. The topological polar surface area (TPSA) is 44.5 Å². The van der Waals surface area contributed by atoms with E-state index in [0.29, 0.717) is 5.92 Å². The number of halogens is 1. The van der Waals surface area contributed by atoms with E-state index in [9.17, 15) is 0 Å². The van der Waals surface area contributed by atoms with Gasteiger partial charge in [0.1, 0.15) is 0 Å². The zero-order valence-electron chi connectivity index (χ0n) is 11.0. The van der Waals surface area contributed by atoms with Crippen LogP contribution in [0.25, 0.3) is 0 Å². The molecule has 1 aromatic rings. The van der Waals surface area contributed by atoms with Crippen molar-refractivity contribution in [1.29, 1.82) is 0 Å². The van der Waals surface area contributed by atoms with E-state index in [2.05, 4.69) is 46.9 Å². The van der Waals surface area contributed by atoms with Crippen LogP contribution in [0.5, 0.6) is 0 Å². The van der Waals surface area contributed by atoms with Crippen LogP contribution in [0.3, 0.4) is 0 Å². The van der Waals surface area contributed by atoms with Crippen molar-refractivity contribution in [3.8, 4) is 0 Å². The van der Waals surface area contributed by atoms with Gasteiger partial charge in [0.15, 0.2) is 0 Å². The molecule has 2 fully saturated rings. The number of benzene rings is 1. The second-order valence-corrected chi connectivity index (χ2v) is 6.80. The van der Waals surface area contributed by atoms with Crippen LogP contribution in [0.15, 0.2) is 24.3 Å². The van der Waals surface area contributed by atoms with E-state index < -0.39 is 0 Å². The molecule has 104 valence electrons. The first-order chi connectivity index (χ1) is 9.20. The van der Waals surface area contributed by atoms with Crippen molar-refractivity contribution in [2.24, 2.45) is 11.7 Å². The second-order valence-electron chi connectivity index (χ2n) is 5.63. The van der Waals surface area contributed by atoms with Crippen LogP contribution in [0, 0.1) is 9.49 Å². The highest BCUT2D eigenvalue weighted by Gasteiger charge is 2.42. The van der Waals surface area contributed by atoms with Gasteiger partial charge in [-0.25, -0.2) is 0 Å². The molecule has 0 aromatic heterocycles. The van der Waals surface area contributed by atoms with Gasteiger partial charge in [-0.05, 0) is 53.0 Å². The van der Waals surface area contributed by atoms with Crippen molar-refractivity contribution < 1.29 is 9.47 Å². The maximum Gasteiger partial charge on any atom is 0.0940 e. The molecule has 2 saturated heterocycles. The molecule has 2 aliphatic rings. The monoisotopic (exact) mass is 373 g/mol. The lowest BCUT2D eigenvalue weighted by atomic mass is 9.79. The lowest BCUT2D eigenvalue weighted by Crippen LogP contribution is -2.43. The first-order valence-corrected chi connectivity index (χ1v) is 8.00. The molecular weight excluding hydrogens is 353 g/mol. The van der Waals surface area contributed by atoms with Gasteiger partial charge in [-0.1, -0.05) is 18.2 Å². The summed E-state index contributed by atoms with van der Waals surface area (Å²) < 4.78 is 12.8. The summed E-state index contributed by atoms with van der Waals surface area (Å²) in [5.74, 6) is 0.492. The van der Waals surface area contributed by atoms with Gasteiger partial charge in [-0.2, -0.15) is 0 Å². The first kappa shape index (κ1) is 13.8. The minimum absolute atomic E-state index is 0.0548. The largest absolute Gasteiger partial charge is 0.378 e. The number of hydrogen-bond donors (Lipinski definition) is 1. The number of rotatable bonds is 2. The highest BCUT2D eigenvalue weighted by Crippen LogP contribution is 2.40. The Morgan fingerprint density at radius 3 is 2.89 bits per heavy atom. The normalized spacial score (nSPS) is 32.6. The first-order valence-electron chi connectivity index (χ1n) is 6.92. The van der Waals surface area contributed by atoms with Crippen molar-refractivity contribution in [3.05, 3.63) is 33.4 Å². The molecule has 0 saturated carbocycles. The fourth-order valence-corrected chi connectivity index (χ4v) is 3.98. The predicted molar refractivity (Wildman–Crippen MR) is 82.9 cm³/mol. The second kappa shape index (κ2) is 5.68. The summed E-state index contributed by atoms with van der Waals surface area (Å²) in [6.07, 6.45) is 3.09. The third-order valence-corrected chi connectivity index (χ3v) is 5.35. The Morgan fingerprint density at radius 2 is 2.16 bits per heavy atom. The van der Waals surface area contributed by atoms with Gasteiger partial charge < -0.3 is 15.2 Å². The Labute approximate surface area is 128 Å². The van der Waals surface area contributed by atoms with Crippen LogP contribution in [-0.4, -0.2) is 25.4 Å². The van der Waals surface area contributed by atoms with E-state index >= 15 is 0 Å². The predicted octanol–water partition coefficient (Wildman–Crippen LogP) is 2.88. The lowest BCUT2D eigenvalue weighted by molar-refractivity contribution is -0.101. The fraction of sp³-hybridized carbons (Fsp3) is 0.600. The Bertz CT molecular complexity index is 446. The van der Waals surface area contributed by atoms with Crippen molar-refractivity contribution in [2.45, 2.75) is 30.9 Å². The van der Waals surface area contributed by atoms with E-state index in [1.807, 2.05) is 0 Å². The van der Waals surface area contributed by atoms with Crippen LogP contribution >= 0.6 is 22.6 Å². The third-order valence-electron chi connectivity index (χ3n) is 4.37. The zero-order chi connectivity index (χ0) is 13.3. The van der Waals surface area contributed by atoms with Crippen LogP contribution in [0.1, 0.15) is 30.9 Å². The average molecular weight is 373 g/mol. The molecule has 3 atom stereocenters. The standard InChI is InChI=1S/C15H20INO2/c16-13-4-2-1-3-12(13)14(17)11-5-7-19-15(9-11)6-8-18-10-15/h1-4,11,14H,5-10,17H2. The molecule has 0 radical (unpaired) electrons. The van der Waals surface area contributed by atoms with E-state index in [-0.39, 0.29) is 11.6 Å². The highest BCUT2D eigenvalue weighted by atomic mass is 127. The molecule has 1 spiro atoms. The highest BCUT2D eigenvalue weighted by molar-refractivity contribution is 14.1. The maximum atomic E-state index is 6.52. The minimum Gasteiger partial charge on any atom is -0.378 e. The zero-order valence-corrected chi connectivity index (χ0v) is 13.1. The molecule has 0 aliphatic carbocycles. The molecule has 2 heterocycles. The van der Waals surface area contributed by atoms with Gasteiger partial charge >= 0.3 is 0 Å². The fourth-order valence-electron chi connectivity index (χ4n) is 3.23. The molecule has 0 amide bonds. The van der Waals surface area contributed by atoms with Crippen molar-refractivity contribution in [1.82, 2.24) is 0 Å². The van der Waals surface area contributed by atoms with Crippen LogP contribution in [0.2, 0.25) is 0 Å². The Kier molecular flexibility index (Phi) is 4.12. The smallest absolute Gasteiger partial charge is 0.0940 e. The summed E-state index contributed by atoms with van der Waals surface area (Å²) in [5, 5.41) is 0. The van der Waals surface area contributed by atoms with Gasteiger partial charge in [0.25, 0.3) is 0 Å². The van der Waals surface area contributed by atoms with Crippen LogP contribution in [0.4, 0.5) is 0 Å².